The van der Waals surface area contributed by atoms with Crippen LogP contribution < -0.4 is 0 Å². The van der Waals surface area contributed by atoms with Crippen molar-refractivity contribution in [3.05, 3.63) is 77.6 Å². The molecule has 5 heteroatoms. The zero-order valence-electron chi connectivity index (χ0n) is 14.4. The lowest BCUT2D eigenvalue weighted by atomic mass is 10.1. The highest BCUT2D eigenvalue weighted by Crippen LogP contribution is 2.11. The van der Waals surface area contributed by atoms with Crippen molar-refractivity contribution in [2.75, 3.05) is 19.6 Å². The molecule has 0 unspecified atom stereocenters. The molecular formula is C20H23N5. The van der Waals surface area contributed by atoms with Crippen molar-refractivity contribution in [2.24, 2.45) is 0 Å². The summed E-state index contributed by atoms with van der Waals surface area (Å²) in [5.41, 5.74) is 2.42. The second-order valence-corrected chi connectivity index (χ2v) is 6.49. The molecule has 25 heavy (non-hydrogen) atoms. The second-order valence-electron chi connectivity index (χ2n) is 6.49. The predicted octanol–water partition coefficient (Wildman–Crippen LogP) is 2.36. The number of rotatable bonds is 5. The maximum atomic E-state index is 4.77. The lowest BCUT2D eigenvalue weighted by Crippen LogP contribution is -2.29. The van der Waals surface area contributed by atoms with E-state index >= 15 is 0 Å². The molecule has 2 aromatic heterocycles. The number of nitrogens with zero attached hydrogens (tertiary/aromatic N) is 5. The van der Waals surface area contributed by atoms with E-state index in [1.165, 1.54) is 5.56 Å². The molecule has 0 N–H and O–H groups in total. The average molecular weight is 333 g/mol. The van der Waals surface area contributed by atoms with Gasteiger partial charge in [-0.05, 0) is 17.7 Å². The van der Waals surface area contributed by atoms with E-state index in [1.54, 1.807) is 0 Å². The van der Waals surface area contributed by atoms with Crippen LogP contribution in [0.2, 0.25) is 0 Å². The molecule has 1 aromatic carbocycles. The number of aromatic nitrogens is 4. The molecule has 128 valence electrons. The Bertz CT molecular complexity index is 772. The van der Waals surface area contributed by atoms with Crippen LogP contribution in [0.15, 0.2) is 54.7 Å². The first-order valence-corrected chi connectivity index (χ1v) is 8.95. The minimum Gasteiger partial charge on any atom is -0.301 e. The highest BCUT2D eigenvalue weighted by molar-refractivity contribution is 5.18. The van der Waals surface area contributed by atoms with Gasteiger partial charge in [0.05, 0.1) is 6.54 Å². The van der Waals surface area contributed by atoms with Gasteiger partial charge < -0.3 is 4.90 Å². The molecule has 1 aliphatic heterocycles. The fourth-order valence-electron chi connectivity index (χ4n) is 3.29. The van der Waals surface area contributed by atoms with E-state index in [9.17, 15) is 0 Å². The summed E-state index contributed by atoms with van der Waals surface area (Å²) in [5, 5.41) is 4.73. The molecule has 0 saturated carbocycles. The first-order valence-electron chi connectivity index (χ1n) is 8.95. The molecule has 0 radical (unpaired) electrons. The van der Waals surface area contributed by atoms with E-state index in [-0.39, 0.29) is 0 Å². The van der Waals surface area contributed by atoms with E-state index < -0.39 is 0 Å². The zero-order chi connectivity index (χ0) is 16.9. The molecule has 0 amide bonds. The van der Waals surface area contributed by atoms with Gasteiger partial charge in [-0.3, -0.25) is 4.98 Å². The average Bonchev–Trinajstić information content (AvgIpc) is 2.94. The van der Waals surface area contributed by atoms with Crippen LogP contribution in [0.5, 0.6) is 0 Å². The van der Waals surface area contributed by atoms with E-state index in [0.29, 0.717) is 0 Å². The third-order valence-electron chi connectivity index (χ3n) is 4.69. The van der Waals surface area contributed by atoms with Gasteiger partial charge in [0.25, 0.3) is 0 Å². The molecule has 3 heterocycles. The van der Waals surface area contributed by atoms with Crippen molar-refractivity contribution in [1.82, 2.24) is 24.6 Å². The summed E-state index contributed by atoms with van der Waals surface area (Å²) in [5.74, 6) is 2.05. The molecule has 0 fully saturated rings. The monoisotopic (exact) mass is 333 g/mol. The first kappa shape index (κ1) is 16.0. The van der Waals surface area contributed by atoms with Gasteiger partial charge in [0.2, 0.25) is 0 Å². The van der Waals surface area contributed by atoms with Crippen LogP contribution in [0.1, 0.15) is 22.9 Å². The van der Waals surface area contributed by atoms with Gasteiger partial charge in [0.1, 0.15) is 5.82 Å². The van der Waals surface area contributed by atoms with Gasteiger partial charge in [0.15, 0.2) is 5.82 Å². The fraction of sp³-hybridized carbons (Fsp3) is 0.350. The Labute approximate surface area is 148 Å². The van der Waals surface area contributed by atoms with Crippen LogP contribution in [0.25, 0.3) is 0 Å². The molecule has 4 rings (SSSR count). The Morgan fingerprint density at radius 1 is 0.920 bits per heavy atom. The fourth-order valence-corrected chi connectivity index (χ4v) is 3.29. The SMILES string of the molecule is c1ccc(Cc2nc3n(n2)CCN(CCc2ccccn2)CC3)cc1. The Kier molecular flexibility index (Phi) is 4.84. The van der Waals surface area contributed by atoms with Crippen LogP contribution in [-0.4, -0.2) is 44.3 Å². The summed E-state index contributed by atoms with van der Waals surface area (Å²) in [6, 6.07) is 16.5. The maximum Gasteiger partial charge on any atom is 0.155 e. The predicted molar refractivity (Wildman–Crippen MR) is 97.4 cm³/mol. The number of benzene rings is 1. The van der Waals surface area contributed by atoms with Crippen LogP contribution in [0, 0.1) is 0 Å². The number of hydrogen-bond donors (Lipinski definition) is 0. The van der Waals surface area contributed by atoms with Crippen molar-refractivity contribution in [1.29, 1.82) is 0 Å². The van der Waals surface area contributed by atoms with E-state index in [4.69, 9.17) is 10.1 Å². The van der Waals surface area contributed by atoms with Gasteiger partial charge >= 0.3 is 0 Å². The molecule has 3 aromatic rings. The quantitative estimate of drug-likeness (QED) is 0.719. The van der Waals surface area contributed by atoms with E-state index in [1.807, 2.05) is 18.3 Å². The van der Waals surface area contributed by atoms with Gasteiger partial charge in [0, 0.05) is 50.8 Å². The number of hydrogen-bond acceptors (Lipinski definition) is 4. The van der Waals surface area contributed by atoms with Crippen molar-refractivity contribution < 1.29 is 0 Å². The second kappa shape index (κ2) is 7.57. The molecule has 0 bridgehead atoms. The summed E-state index contributed by atoms with van der Waals surface area (Å²) in [7, 11) is 0. The molecular weight excluding hydrogens is 310 g/mol. The van der Waals surface area contributed by atoms with E-state index in [0.717, 1.165) is 62.8 Å². The molecule has 0 spiro atoms. The largest absolute Gasteiger partial charge is 0.301 e. The molecule has 5 nitrogen and oxygen atoms in total. The van der Waals surface area contributed by atoms with Crippen molar-refractivity contribution in [3.8, 4) is 0 Å². The van der Waals surface area contributed by atoms with Gasteiger partial charge in [-0.2, -0.15) is 5.10 Å². The lowest BCUT2D eigenvalue weighted by molar-refractivity contribution is 0.279. The number of pyridine rings is 1. The minimum atomic E-state index is 0.810. The van der Waals surface area contributed by atoms with Crippen molar-refractivity contribution in [3.63, 3.8) is 0 Å². The van der Waals surface area contributed by atoms with Crippen molar-refractivity contribution >= 4 is 0 Å². The summed E-state index contributed by atoms with van der Waals surface area (Å²) < 4.78 is 2.10. The minimum absolute atomic E-state index is 0.810. The number of fused-ring (bicyclic) bond motifs is 1. The van der Waals surface area contributed by atoms with Crippen LogP contribution in [0.3, 0.4) is 0 Å². The van der Waals surface area contributed by atoms with Gasteiger partial charge in [-0.15, -0.1) is 0 Å². The van der Waals surface area contributed by atoms with Crippen LogP contribution >= 0.6 is 0 Å². The van der Waals surface area contributed by atoms with Crippen molar-refractivity contribution in [2.45, 2.75) is 25.8 Å². The highest BCUT2D eigenvalue weighted by atomic mass is 15.4. The first-order chi connectivity index (χ1) is 12.4. The normalized spacial score (nSPS) is 14.9. The van der Waals surface area contributed by atoms with Gasteiger partial charge in [-0.25, -0.2) is 9.67 Å². The Morgan fingerprint density at radius 3 is 2.64 bits per heavy atom. The summed E-state index contributed by atoms with van der Waals surface area (Å²) in [6.45, 7) is 4.02. The zero-order valence-corrected chi connectivity index (χ0v) is 14.4. The summed E-state index contributed by atoms with van der Waals surface area (Å²) in [6.07, 6.45) is 4.63. The summed E-state index contributed by atoms with van der Waals surface area (Å²) in [4.78, 5) is 11.7. The molecule has 0 atom stereocenters. The highest BCUT2D eigenvalue weighted by Gasteiger charge is 2.17. The van der Waals surface area contributed by atoms with Gasteiger partial charge in [-0.1, -0.05) is 36.4 Å². The van der Waals surface area contributed by atoms with Crippen LogP contribution in [-0.2, 0) is 25.8 Å². The topological polar surface area (TPSA) is 46.8 Å². The standard InChI is InChI=1S/C20H23N5/c1-2-6-17(7-3-1)16-19-22-20-10-13-24(14-15-25(20)23-19)12-9-18-8-4-5-11-21-18/h1-8,11H,9-10,12-16H2. The Morgan fingerprint density at radius 2 is 1.80 bits per heavy atom. The molecule has 1 aliphatic rings. The third kappa shape index (κ3) is 4.12. The lowest BCUT2D eigenvalue weighted by Gasteiger charge is -2.18. The maximum absolute atomic E-state index is 4.77. The Balaban J connectivity index is 1.34. The Hall–Kier alpha value is -2.53. The summed E-state index contributed by atoms with van der Waals surface area (Å²) >= 11 is 0. The smallest absolute Gasteiger partial charge is 0.155 e. The van der Waals surface area contributed by atoms with Crippen LogP contribution in [0.4, 0.5) is 0 Å². The molecule has 0 aliphatic carbocycles. The van der Waals surface area contributed by atoms with E-state index in [2.05, 4.69) is 51.0 Å². The molecule has 0 saturated heterocycles. The third-order valence-corrected chi connectivity index (χ3v) is 4.69.